The van der Waals surface area contributed by atoms with Crippen molar-refractivity contribution in [1.82, 2.24) is 9.88 Å². The van der Waals surface area contributed by atoms with Gasteiger partial charge in [-0.3, -0.25) is 4.79 Å². The number of amides is 1. The number of carbonyl (C=O) groups excluding carboxylic acids is 2. The minimum Gasteiger partial charge on any atom is -0.496 e. The second-order valence-corrected chi connectivity index (χ2v) is 8.86. The van der Waals surface area contributed by atoms with Crippen molar-refractivity contribution in [2.75, 3.05) is 27.4 Å². The summed E-state index contributed by atoms with van der Waals surface area (Å²) < 4.78 is 43.1. The Morgan fingerprint density at radius 2 is 1.78 bits per heavy atom. The number of carbonyl (C=O) groups is 2. The molecule has 3 rings (SSSR count). The second kappa shape index (κ2) is 12.4. The SMILES string of the molecule is CCOC(=O)c1csc(CN(CCCc2ccc(F)cc2F)C(=O)c2cc(OC)c(C)c(OC)c2)n1. The molecule has 36 heavy (non-hydrogen) atoms. The number of halogens is 2. The molecule has 0 aliphatic rings. The molecule has 1 amide bonds. The van der Waals surface area contributed by atoms with Crippen molar-refractivity contribution < 1.29 is 32.6 Å². The number of hydrogen-bond donors (Lipinski definition) is 0. The van der Waals surface area contributed by atoms with E-state index >= 15 is 0 Å². The molecule has 2 aromatic carbocycles. The van der Waals surface area contributed by atoms with Crippen molar-refractivity contribution in [1.29, 1.82) is 0 Å². The van der Waals surface area contributed by atoms with E-state index in [1.54, 1.807) is 29.3 Å². The summed E-state index contributed by atoms with van der Waals surface area (Å²) >= 11 is 1.24. The first-order valence-electron chi connectivity index (χ1n) is 11.3. The largest absolute Gasteiger partial charge is 0.496 e. The van der Waals surface area contributed by atoms with Crippen LogP contribution in [0, 0.1) is 18.6 Å². The van der Waals surface area contributed by atoms with Crippen LogP contribution in [0.15, 0.2) is 35.7 Å². The van der Waals surface area contributed by atoms with Crippen LogP contribution in [0.25, 0.3) is 0 Å². The number of esters is 1. The molecule has 0 aliphatic heterocycles. The molecule has 0 saturated heterocycles. The van der Waals surface area contributed by atoms with Gasteiger partial charge in [0.25, 0.3) is 5.91 Å². The number of thiazole rings is 1. The van der Waals surface area contributed by atoms with E-state index < -0.39 is 17.6 Å². The Labute approximate surface area is 212 Å². The molecule has 192 valence electrons. The summed E-state index contributed by atoms with van der Waals surface area (Å²) in [6.45, 7) is 4.16. The van der Waals surface area contributed by atoms with Crippen LogP contribution in [0.5, 0.6) is 11.5 Å². The molecule has 0 radical (unpaired) electrons. The summed E-state index contributed by atoms with van der Waals surface area (Å²) in [7, 11) is 3.02. The molecule has 10 heteroatoms. The number of nitrogens with zero attached hydrogens (tertiary/aromatic N) is 2. The first-order valence-corrected chi connectivity index (χ1v) is 12.2. The zero-order valence-electron chi connectivity index (χ0n) is 20.6. The lowest BCUT2D eigenvalue weighted by atomic mass is 10.1. The van der Waals surface area contributed by atoms with Crippen molar-refractivity contribution in [3.05, 3.63) is 74.7 Å². The van der Waals surface area contributed by atoms with Gasteiger partial charge >= 0.3 is 5.97 Å². The van der Waals surface area contributed by atoms with Gasteiger partial charge in [-0.1, -0.05) is 6.07 Å². The summed E-state index contributed by atoms with van der Waals surface area (Å²) in [5.41, 5.74) is 1.65. The van der Waals surface area contributed by atoms with Crippen LogP contribution in [0.1, 0.15) is 50.3 Å². The summed E-state index contributed by atoms with van der Waals surface area (Å²) in [6.07, 6.45) is 0.729. The number of aromatic nitrogens is 1. The maximum Gasteiger partial charge on any atom is 0.357 e. The second-order valence-electron chi connectivity index (χ2n) is 7.92. The van der Waals surface area contributed by atoms with E-state index in [1.165, 1.54) is 37.7 Å². The highest BCUT2D eigenvalue weighted by Gasteiger charge is 2.22. The maximum absolute atomic E-state index is 14.1. The Balaban J connectivity index is 1.85. The molecule has 0 fully saturated rings. The van der Waals surface area contributed by atoms with Crippen molar-refractivity contribution in [2.24, 2.45) is 0 Å². The fraction of sp³-hybridized carbons (Fsp3) is 0.346. The average Bonchev–Trinajstić information content (AvgIpc) is 3.33. The smallest absolute Gasteiger partial charge is 0.357 e. The van der Waals surface area contributed by atoms with Gasteiger partial charge < -0.3 is 19.1 Å². The highest BCUT2D eigenvalue weighted by molar-refractivity contribution is 7.09. The Morgan fingerprint density at radius 3 is 2.39 bits per heavy atom. The molecular formula is C26H28F2N2O5S. The molecule has 7 nitrogen and oxygen atoms in total. The van der Waals surface area contributed by atoms with Crippen molar-refractivity contribution in [2.45, 2.75) is 33.2 Å². The van der Waals surface area contributed by atoms with Crippen molar-refractivity contribution in [3.63, 3.8) is 0 Å². The molecule has 0 bridgehead atoms. The van der Waals surface area contributed by atoms with Crippen LogP contribution in [0.4, 0.5) is 8.78 Å². The van der Waals surface area contributed by atoms with Gasteiger partial charge in [0.05, 0.1) is 27.4 Å². The zero-order valence-corrected chi connectivity index (χ0v) is 21.4. The van der Waals surface area contributed by atoms with Gasteiger partial charge in [-0.2, -0.15) is 0 Å². The third-order valence-corrected chi connectivity index (χ3v) is 6.37. The van der Waals surface area contributed by atoms with Gasteiger partial charge in [-0.15, -0.1) is 11.3 Å². The fourth-order valence-corrected chi connectivity index (χ4v) is 4.45. The van der Waals surface area contributed by atoms with Gasteiger partial charge in [0.15, 0.2) is 5.69 Å². The lowest BCUT2D eigenvalue weighted by Crippen LogP contribution is -2.32. The van der Waals surface area contributed by atoms with Crippen molar-refractivity contribution >= 4 is 23.2 Å². The Morgan fingerprint density at radius 1 is 1.08 bits per heavy atom. The van der Waals surface area contributed by atoms with Crippen LogP contribution >= 0.6 is 11.3 Å². The van der Waals surface area contributed by atoms with Crippen LogP contribution in [-0.4, -0.2) is 49.1 Å². The Hall–Kier alpha value is -3.53. The van der Waals surface area contributed by atoms with E-state index in [9.17, 15) is 18.4 Å². The highest BCUT2D eigenvalue weighted by Crippen LogP contribution is 2.30. The number of ether oxygens (including phenoxy) is 3. The number of hydrogen-bond acceptors (Lipinski definition) is 7. The van der Waals surface area contributed by atoms with E-state index in [2.05, 4.69) is 4.98 Å². The summed E-state index contributed by atoms with van der Waals surface area (Å²) in [6, 6.07) is 6.73. The van der Waals surface area contributed by atoms with E-state index in [0.717, 1.165) is 11.6 Å². The normalized spacial score (nSPS) is 10.7. The van der Waals surface area contributed by atoms with Crippen LogP contribution in [0.2, 0.25) is 0 Å². The van der Waals surface area contributed by atoms with Gasteiger partial charge in [0, 0.05) is 29.1 Å². The van der Waals surface area contributed by atoms with E-state index in [-0.39, 0.29) is 31.3 Å². The van der Waals surface area contributed by atoms with Gasteiger partial charge in [0.2, 0.25) is 0 Å². The summed E-state index contributed by atoms with van der Waals surface area (Å²) in [5, 5.41) is 2.13. The fourth-order valence-electron chi connectivity index (χ4n) is 3.67. The highest BCUT2D eigenvalue weighted by atomic mass is 32.1. The van der Waals surface area contributed by atoms with Gasteiger partial charge in [-0.25, -0.2) is 18.6 Å². The molecular weight excluding hydrogens is 490 g/mol. The minimum absolute atomic E-state index is 0.132. The monoisotopic (exact) mass is 518 g/mol. The minimum atomic E-state index is -0.642. The number of aryl methyl sites for hydroxylation is 1. The lowest BCUT2D eigenvalue weighted by Gasteiger charge is -2.23. The third-order valence-electron chi connectivity index (χ3n) is 5.54. The number of rotatable bonds is 11. The molecule has 0 spiro atoms. The molecule has 0 saturated carbocycles. The van der Waals surface area contributed by atoms with E-state index in [4.69, 9.17) is 14.2 Å². The molecule has 0 unspecified atom stereocenters. The van der Waals surface area contributed by atoms with Crippen LogP contribution in [0.3, 0.4) is 0 Å². The predicted octanol–water partition coefficient (Wildman–Crippen LogP) is 5.20. The predicted molar refractivity (Wildman–Crippen MR) is 132 cm³/mol. The number of methoxy groups -OCH3 is 2. The average molecular weight is 519 g/mol. The quantitative estimate of drug-likeness (QED) is 0.325. The molecule has 0 aliphatic carbocycles. The molecule has 1 aromatic heterocycles. The first-order chi connectivity index (χ1) is 17.3. The summed E-state index contributed by atoms with van der Waals surface area (Å²) in [5.74, 6) is -1.09. The van der Waals surface area contributed by atoms with E-state index in [0.29, 0.717) is 40.5 Å². The van der Waals surface area contributed by atoms with Crippen LogP contribution in [-0.2, 0) is 17.7 Å². The summed E-state index contributed by atoms with van der Waals surface area (Å²) in [4.78, 5) is 31.5. The molecule has 0 atom stereocenters. The lowest BCUT2D eigenvalue weighted by molar-refractivity contribution is 0.0520. The van der Waals surface area contributed by atoms with Gasteiger partial charge in [0.1, 0.15) is 28.1 Å². The standard InChI is InChI=1S/C26H28F2N2O5S/c1-5-35-26(32)21-15-36-24(29-21)14-30(10-6-7-17-8-9-19(27)13-20(17)28)25(31)18-11-22(33-3)16(2)23(12-18)34-4/h8-9,11-13,15H,5-7,10,14H2,1-4H3. The third kappa shape index (κ3) is 6.57. The Kier molecular flexibility index (Phi) is 9.35. The Bertz CT molecular complexity index is 1210. The molecule has 0 N–H and O–H groups in total. The number of benzene rings is 2. The molecule has 1 heterocycles. The topological polar surface area (TPSA) is 78.0 Å². The van der Waals surface area contributed by atoms with Crippen molar-refractivity contribution in [3.8, 4) is 11.5 Å². The van der Waals surface area contributed by atoms with E-state index in [1.807, 2.05) is 6.92 Å². The van der Waals surface area contributed by atoms with Crippen LogP contribution < -0.4 is 9.47 Å². The molecule has 3 aromatic rings. The zero-order chi connectivity index (χ0) is 26.2. The first kappa shape index (κ1) is 27.1. The van der Waals surface area contributed by atoms with Gasteiger partial charge in [-0.05, 0) is 50.5 Å². The maximum atomic E-state index is 14.1.